The van der Waals surface area contributed by atoms with Gasteiger partial charge in [-0.2, -0.15) is 0 Å². The first kappa shape index (κ1) is 24.7. The van der Waals surface area contributed by atoms with Crippen LogP contribution in [-0.4, -0.2) is 35.8 Å². The molecule has 5 aliphatic rings. The number of esters is 1. The zero-order chi connectivity index (χ0) is 24.8. The first-order chi connectivity index (χ1) is 16.7. The maximum absolute atomic E-state index is 12.7. The number of rotatable bonds is 6. The number of hydrogen-bond donors (Lipinski definition) is 1. The molecular weight excluding hydrogens is 450 g/mol. The van der Waals surface area contributed by atoms with Gasteiger partial charge in [0.15, 0.2) is 11.9 Å². The predicted molar refractivity (Wildman–Crippen MR) is 125 cm³/mol. The number of fused-ring (bicyclic) bond motifs is 2. The lowest BCUT2D eigenvalue weighted by Crippen LogP contribution is -2.70. The van der Waals surface area contributed by atoms with Crippen LogP contribution in [0.1, 0.15) is 77.8 Å². The molecule has 1 spiro atoms. The zero-order valence-electron chi connectivity index (χ0n) is 21.0. The second kappa shape index (κ2) is 9.47. The lowest BCUT2D eigenvalue weighted by Gasteiger charge is -2.59. The van der Waals surface area contributed by atoms with Crippen molar-refractivity contribution in [2.45, 2.75) is 96.2 Å². The van der Waals surface area contributed by atoms with Crippen molar-refractivity contribution in [2.75, 3.05) is 0 Å². The van der Waals surface area contributed by atoms with Crippen LogP contribution in [0.5, 0.6) is 0 Å². The summed E-state index contributed by atoms with van der Waals surface area (Å²) in [7, 11) is 0. The van der Waals surface area contributed by atoms with E-state index in [1.165, 1.54) is 0 Å². The summed E-state index contributed by atoms with van der Waals surface area (Å²) in [4.78, 5) is 37.1. The summed E-state index contributed by atoms with van der Waals surface area (Å²) in [6, 6.07) is 9.58. The van der Waals surface area contributed by atoms with E-state index in [0.717, 1.165) is 31.2 Å². The molecule has 1 N–H and O–H groups in total. The van der Waals surface area contributed by atoms with Crippen LogP contribution < -0.4 is 5.32 Å². The SMILES string of the molecule is CC(NC(=O)CCC(=O)O[C@@H]1O[C@@H]2OC3(C)CC[C@H]4[C@H](C)CC[C@@H]([C@H]1C)C24OO3)c1ccccc1. The first-order valence-electron chi connectivity index (χ1n) is 13.0. The monoisotopic (exact) mass is 487 g/mol. The number of ether oxygens (including phenoxy) is 3. The number of benzene rings is 1. The second-order valence-electron chi connectivity index (χ2n) is 11.0. The van der Waals surface area contributed by atoms with E-state index in [1.807, 2.05) is 51.1 Å². The van der Waals surface area contributed by atoms with Crippen LogP contribution in [0.25, 0.3) is 0 Å². The maximum Gasteiger partial charge on any atom is 0.308 e. The average Bonchev–Trinajstić information content (AvgIpc) is 3.07. The molecular formula is C27H37NO7. The van der Waals surface area contributed by atoms with E-state index < -0.39 is 29.9 Å². The summed E-state index contributed by atoms with van der Waals surface area (Å²) >= 11 is 0. The normalized spacial score (nSPS) is 40.8. The van der Waals surface area contributed by atoms with Crippen molar-refractivity contribution < 1.29 is 33.6 Å². The van der Waals surface area contributed by atoms with Gasteiger partial charge >= 0.3 is 5.97 Å². The fourth-order valence-corrected chi connectivity index (χ4v) is 6.55. The fraction of sp³-hybridized carbons (Fsp3) is 0.704. The first-order valence-corrected chi connectivity index (χ1v) is 13.0. The summed E-state index contributed by atoms with van der Waals surface area (Å²) < 4.78 is 18.4. The fourth-order valence-electron chi connectivity index (χ4n) is 6.55. The molecule has 1 saturated carbocycles. The predicted octanol–water partition coefficient (Wildman–Crippen LogP) is 4.40. The number of carbonyl (C=O) groups excluding carboxylic acids is 2. The van der Waals surface area contributed by atoms with E-state index in [1.54, 1.807) is 0 Å². The third-order valence-electron chi connectivity index (χ3n) is 8.58. The number of amides is 1. The molecule has 1 aliphatic carbocycles. The molecule has 5 fully saturated rings. The summed E-state index contributed by atoms with van der Waals surface area (Å²) in [5, 5.41) is 2.93. The van der Waals surface area contributed by atoms with Gasteiger partial charge in [0, 0.05) is 24.7 Å². The Kier molecular flexibility index (Phi) is 6.68. The summed E-state index contributed by atoms with van der Waals surface area (Å²) in [5.41, 5.74) is 0.322. The van der Waals surface area contributed by atoms with E-state index in [-0.39, 0.29) is 42.5 Å². The van der Waals surface area contributed by atoms with Gasteiger partial charge in [0.1, 0.15) is 0 Å². The van der Waals surface area contributed by atoms with E-state index in [0.29, 0.717) is 5.92 Å². The third-order valence-corrected chi connectivity index (χ3v) is 8.58. The van der Waals surface area contributed by atoms with Crippen molar-refractivity contribution in [3.8, 4) is 0 Å². The number of nitrogens with one attached hydrogen (secondary N) is 1. The van der Waals surface area contributed by atoms with Crippen molar-refractivity contribution in [3.63, 3.8) is 0 Å². The van der Waals surface area contributed by atoms with Crippen LogP contribution in [-0.2, 0) is 33.6 Å². The van der Waals surface area contributed by atoms with Crippen molar-refractivity contribution in [1.29, 1.82) is 0 Å². The van der Waals surface area contributed by atoms with Gasteiger partial charge in [-0.05, 0) is 50.5 Å². The Morgan fingerprint density at radius 1 is 1.09 bits per heavy atom. The van der Waals surface area contributed by atoms with Crippen molar-refractivity contribution in [3.05, 3.63) is 35.9 Å². The maximum atomic E-state index is 12.7. The molecule has 1 amide bonds. The molecule has 192 valence electrons. The molecule has 4 aliphatic heterocycles. The average molecular weight is 488 g/mol. The quantitative estimate of drug-likeness (QED) is 0.470. The van der Waals surface area contributed by atoms with Crippen molar-refractivity contribution in [2.24, 2.45) is 23.7 Å². The van der Waals surface area contributed by atoms with Gasteiger partial charge in [-0.15, -0.1) is 0 Å². The lowest BCUT2D eigenvalue weighted by atomic mass is 9.58. The molecule has 1 aromatic rings. The van der Waals surface area contributed by atoms with E-state index >= 15 is 0 Å². The highest BCUT2D eigenvalue weighted by atomic mass is 17.3. The molecule has 0 aromatic heterocycles. The minimum absolute atomic E-state index is 0.0156. The smallest absolute Gasteiger partial charge is 0.308 e. The van der Waals surface area contributed by atoms with Crippen molar-refractivity contribution in [1.82, 2.24) is 5.32 Å². The van der Waals surface area contributed by atoms with Gasteiger partial charge in [0.05, 0.1) is 12.5 Å². The molecule has 4 saturated heterocycles. The van der Waals surface area contributed by atoms with Gasteiger partial charge in [-0.3, -0.25) is 9.59 Å². The molecule has 3 unspecified atom stereocenters. The summed E-state index contributed by atoms with van der Waals surface area (Å²) in [5.74, 6) is -0.812. The Bertz CT molecular complexity index is 941. The Morgan fingerprint density at radius 2 is 1.86 bits per heavy atom. The van der Waals surface area contributed by atoms with Crippen LogP contribution in [0.4, 0.5) is 0 Å². The summed E-state index contributed by atoms with van der Waals surface area (Å²) in [6.07, 6.45) is 2.30. The molecule has 6 rings (SSSR count). The molecule has 4 heterocycles. The molecule has 2 bridgehead atoms. The highest BCUT2D eigenvalue weighted by molar-refractivity contribution is 5.81. The van der Waals surface area contributed by atoms with E-state index in [4.69, 9.17) is 24.0 Å². The Labute approximate surface area is 206 Å². The Hall–Kier alpha value is -2.00. The van der Waals surface area contributed by atoms with Crippen LogP contribution in [0.2, 0.25) is 0 Å². The lowest BCUT2D eigenvalue weighted by molar-refractivity contribution is -0.576. The standard InChI is InChI=1S/C27H37NO7/c1-16-10-11-21-17(2)24(32-25-27(21)20(16)14-15-26(4,33-25)34-35-27)31-23(30)13-12-22(29)28-18(3)19-8-6-5-7-9-19/h5-9,16-18,20-21,24-25H,10-15H2,1-4H3,(H,28,29)/t16-,17-,18?,20+,21+,24-,25-,26?,27?/m1/s1. The van der Waals surface area contributed by atoms with Gasteiger partial charge < -0.3 is 19.5 Å². The molecule has 8 nitrogen and oxygen atoms in total. The van der Waals surface area contributed by atoms with Gasteiger partial charge in [-0.1, -0.05) is 44.2 Å². The minimum Gasteiger partial charge on any atom is -0.435 e. The molecule has 9 atom stereocenters. The third kappa shape index (κ3) is 4.50. The van der Waals surface area contributed by atoms with Crippen molar-refractivity contribution >= 4 is 11.9 Å². The van der Waals surface area contributed by atoms with Gasteiger partial charge in [0.2, 0.25) is 18.0 Å². The van der Waals surface area contributed by atoms with Gasteiger partial charge in [-0.25, -0.2) is 9.78 Å². The highest BCUT2D eigenvalue weighted by Gasteiger charge is 2.69. The number of carbonyl (C=O) groups is 2. The highest BCUT2D eigenvalue weighted by Crippen LogP contribution is 2.60. The Morgan fingerprint density at radius 3 is 2.63 bits per heavy atom. The largest absolute Gasteiger partial charge is 0.435 e. The van der Waals surface area contributed by atoms with Crippen LogP contribution >= 0.6 is 0 Å². The van der Waals surface area contributed by atoms with Crippen LogP contribution in [0.3, 0.4) is 0 Å². The molecule has 8 heteroatoms. The Balaban J connectivity index is 1.21. The van der Waals surface area contributed by atoms with Crippen LogP contribution in [0, 0.1) is 23.7 Å². The second-order valence-corrected chi connectivity index (χ2v) is 11.0. The van der Waals surface area contributed by atoms with Crippen LogP contribution in [0.15, 0.2) is 30.3 Å². The number of hydrogen-bond acceptors (Lipinski definition) is 7. The minimum atomic E-state index is -0.875. The molecule has 1 aromatic carbocycles. The molecule has 0 radical (unpaired) electrons. The van der Waals surface area contributed by atoms with Gasteiger partial charge in [0.25, 0.3) is 0 Å². The van der Waals surface area contributed by atoms with E-state index in [9.17, 15) is 9.59 Å². The summed E-state index contributed by atoms with van der Waals surface area (Å²) in [6.45, 7) is 8.09. The molecule has 35 heavy (non-hydrogen) atoms. The topological polar surface area (TPSA) is 92.3 Å². The van der Waals surface area contributed by atoms with E-state index in [2.05, 4.69) is 12.2 Å². The zero-order valence-corrected chi connectivity index (χ0v) is 21.0.